The van der Waals surface area contributed by atoms with Gasteiger partial charge in [0.25, 0.3) is 0 Å². The molecule has 0 saturated heterocycles. The van der Waals surface area contributed by atoms with Gasteiger partial charge in [0.05, 0.1) is 0 Å². The molecule has 0 aliphatic carbocycles. The number of halogens is 3. The highest BCUT2D eigenvalue weighted by molar-refractivity contribution is 5.24. The summed E-state index contributed by atoms with van der Waals surface area (Å²) in [6.45, 7) is 1.36. The van der Waals surface area contributed by atoms with E-state index < -0.39 is 17.3 Å². The molecule has 1 nitrogen and oxygen atoms in total. The maximum atomic E-state index is 13.9. The third kappa shape index (κ3) is 1.90. The van der Waals surface area contributed by atoms with Gasteiger partial charge in [-0.05, 0) is 24.1 Å². The summed E-state index contributed by atoms with van der Waals surface area (Å²) in [7, 11) is 0. The second kappa shape index (κ2) is 4.00. The Labute approximate surface area is 80.7 Å². The fraction of sp³-hybridized carbons (Fsp3) is 0.400. The first kappa shape index (κ1) is 11.0. The molecule has 1 aromatic carbocycles. The van der Waals surface area contributed by atoms with Crippen LogP contribution in [0, 0.1) is 11.6 Å². The number of nitrogens with two attached hydrogens (primary N) is 1. The maximum absolute atomic E-state index is 13.9. The van der Waals surface area contributed by atoms with Gasteiger partial charge in [0.2, 0.25) is 0 Å². The van der Waals surface area contributed by atoms with Gasteiger partial charge in [-0.15, -0.1) is 0 Å². The topological polar surface area (TPSA) is 26.0 Å². The predicted octanol–water partition coefficient (Wildman–Crippen LogP) is 2.50. The number of alkyl halides is 1. The molecule has 1 aromatic rings. The maximum Gasteiger partial charge on any atom is 0.159 e. The monoisotopic (exact) mass is 203 g/mol. The zero-order valence-electron chi connectivity index (χ0n) is 7.86. The largest absolute Gasteiger partial charge is 0.327 e. The first-order valence-corrected chi connectivity index (χ1v) is 4.38. The molecule has 0 heterocycles. The lowest BCUT2D eigenvalue weighted by Crippen LogP contribution is -2.29. The Morgan fingerprint density at radius 1 is 1.29 bits per heavy atom. The fourth-order valence-electron chi connectivity index (χ4n) is 1.24. The summed E-state index contributed by atoms with van der Waals surface area (Å²) < 4.78 is 39.2. The Kier molecular flexibility index (Phi) is 3.16. The minimum absolute atomic E-state index is 0.0846. The second-order valence-electron chi connectivity index (χ2n) is 3.15. The molecular weight excluding hydrogens is 191 g/mol. The van der Waals surface area contributed by atoms with Crippen molar-refractivity contribution in [3.05, 3.63) is 35.4 Å². The van der Waals surface area contributed by atoms with Gasteiger partial charge in [0.15, 0.2) is 11.6 Å². The SMILES string of the molecule is CCC(F)(CN)c1ccc(F)c(F)c1. The van der Waals surface area contributed by atoms with Gasteiger partial charge in [-0.3, -0.25) is 0 Å². The highest BCUT2D eigenvalue weighted by atomic mass is 19.2. The van der Waals surface area contributed by atoms with Gasteiger partial charge in [-0.1, -0.05) is 13.0 Å². The Morgan fingerprint density at radius 2 is 1.93 bits per heavy atom. The summed E-state index contributed by atoms with van der Waals surface area (Å²) >= 11 is 0. The Morgan fingerprint density at radius 3 is 2.36 bits per heavy atom. The Hall–Kier alpha value is -1.03. The standard InChI is InChI=1S/C10H12F3N/c1-2-10(13,6-14)7-3-4-8(11)9(12)5-7/h3-5H,2,6,14H2,1H3. The lowest BCUT2D eigenvalue weighted by Gasteiger charge is -2.22. The molecule has 0 aliphatic rings. The van der Waals surface area contributed by atoms with Crippen molar-refractivity contribution in [3.63, 3.8) is 0 Å². The van der Waals surface area contributed by atoms with E-state index in [2.05, 4.69) is 0 Å². The van der Waals surface area contributed by atoms with Crippen LogP contribution in [-0.4, -0.2) is 6.54 Å². The van der Waals surface area contributed by atoms with Crippen LogP contribution in [-0.2, 0) is 5.67 Å². The molecule has 0 saturated carbocycles. The van der Waals surface area contributed by atoms with Crippen molar-refractivity contribution in [2.45, 2.75) is 19.0 Å². The van der Waals surface area contributed by atoms with Crippen LogP contribution >= 0.6 is 0 Å². The van der Waals surface area contributed by atoms with Crippen molar-refractivity contribution in [3.8, 4) is 0 Å². The minimum atomic E-state index is -1.77. The average Bonchev–Trinajstić information content (AvgIpc) is 2.21. The van der Waals surface area contributed by atoms with E-state index in [-0.39, 0.29) is 18.5 Å². The molecule has 0 fully saturated rings. The summed E-state index contributed by atoms with van der Waals surface area (Å²) in [5.74, 6) is -2.03. The van der Waals surface area contributed by atoms with Crippen molar-refractivity contribution < 1.29 is 13.2 Å². The van der Waals surface area contributed by atoms with Gasteiger partial charge >= 0.3 is 0 Å². The summed E-state index contributed by atoms with van der Waals surface area (Å²) in [5.41, 5.74) is 3.56. The molecule has 1 atom stereocenters. The molecule has 0 amide bonds. The van der Waals surface area contributed by atoms with Crippen molar-refractivity contribution in [2.75, 3.05) is 6.54 Å². The molecular formula is C10H12F3N. The minimum Gasteiger partial charge on any atom is -0.327 e. The zero-order chi connectivity index (χ0) is 10.8. The second-order valence-corrected chi connectivity index (χ2v) is 3.15. The lowest BCUT2D eigenvalue weighted by atomic mass is 9.93. The third-order valence-electron chi connectivity index (χ3n) is 2.32. The van der Waals surface area contributed by atoms with Gasteiger partial charge in [0, 0.05) is 6.54 Å². The molecule has 1 rings (SSSR count). The predicted molar refractivity (Wildman–Crippen MR) is 48.5 cm³/mol. The number of benzene rings is 1. The van der Waals surface area contributed by atoms with Gasteiger partial charge in [0.1, 0.15) is 5.67 Å². The van der Waals surface area contributed by atoms with Crippen molar-refractivity contribution in [2.24, 2.45) is 5.73 Å². The zero-order valence-corrected chi connectivity index (χ0v) is 7.86. The lowest BCUT2D eigenvalue weighted by molar-refractivity contribution is 0.168. The third-order valence-corrected chi connectivity index (χ3v) is 2.32. The molecule has 0 radical (unpaired) electrons. The normalized spacial score (nSPS) is 15.2. The molecule has 0 spiro atoms. The van der Waals surface area contributed by atoms with E-state index in [0.29, 0.717) is 0 Å². The number of hydrogen-bond donors (Lipinski definition) is 1. The quantitative estimate of drug-likeness (QED) is 0.802. The molecule has 0 bridgehead atoms. The highest BCUT2D eigenvalue weighted by Crippen LogP contribution is 2.29. The molecule has 2 N–H and O–H groups in total. The summed E-state index contributed by atoms with van der Waals surface area (Å²) in [5, 5.41) is 0. The van der Waals surface area contributed by atoms with Gasteiger partial charge in [-0.25, -0.2) is 13.2 Å². The number of rotatable bonds is 3. The summed E-state index contributed by atoms with van der Waals surface area (Å²) in [4.78, 5) is 0. The molecule has 14 heavy (non-hydrogen) atoms. The highest BCUT2D eigenvalue weighted by Gasteiger charge is 2.28. The molecule has 4 heteroatoms. The van der Waals surface area contributed by atoms with E-state index >= 15 is 0 Å². The van der Waals surface area contributed by atoms with Crippen LogP contribution in [0.15, 0.2) is 18.2 Å². The average molecular weight is 203 g/mol. The first-order valence-electron chi connectivity index (χ1n) is 4.38. The Balaban J connectivity index is 3.12. The fourth-order valence-corrected chi connectivity index (χ4v) is 1.24. The van der Waals surface area contributed by atoms with Crippen LogP contribution in [0.25, 0.3) is 0 Å². The van der Waals surface area contributed by atoms with Crippen molar-refractivity contribution >= 4 is 0 Å². The van der Waals surface area contributed by atoms with E-state index in [1.54, 1.807) is 6.92 Å². The summed E-state index contributed by atoms with van der Waals surface area (Å²) in [6.07, 6.45) is 0.134. The first-order chi connectivity index (χ1) is 6.53. The van der Waals surface area contributed by atoms with Gasteiger partial charge < -0.3 is 5.73 Å². The number of hydrogen-bond acceptors (Lipinski definition) is 1. The molecule has 1 unspecified atom stereocenters. The van der Waals surface area contributed by atoms with E-state index in [1.165, 1.54) is 6.07 Å². The van der Waals surface area contributed by atoms with E-state index in [0.717, 1.165) is 12.1 Å². The van der Waals surface area contributed by atoms with E-state index in [9.17, 15) is 13.2 Å². The van der Waals surface area contributed by atoms with Crippen LogP contribution in [0.2, 0.25) is 0 Å². The van der Waals surface area contributed by atoms with Crippen LogP contribution in [0.4, 0.5) is 13.2 Å². The van der Waals surface area contributed by atoms with Crippen LogP contribution in [0.5, 0.6) is 0 Å². The van der Waals surface area contributed by atoms with Gasteiger partial charge in [-0.2, -0.15) is 0 Å². The smallest absolute Gasteiger partial charge is 0.159 e. The Bertz CT molecular complexity index is 321. The van der Waals surface area contributed by atoms with Crippen LogP contribution in [0.1, 0.15) is 18.9 Å². The van der Waals surface area contributed by atoms with Crippen molar-refractivity contribution in [1.82, 2.24) is 0 Å². The molecule has 78 valence electrons. The van der Waals surface area contributed by atoms with E-state index in [1.807, 2.05) is 0 Å². The van der Waals surface area contributed by atoms with Crippen LogP contribution in [0.3, 0.4) is 0 Å². The molecule has 0 aliphatic heterocycles. The molecule has 0 aromatic heterocycles. The van der Waals surface area contributed by atoms with E-state index in [4.69, 9.17) is 5.73 Å². The van der Waals surface area contributed by atoms with Crippen molar-refractivity contribution in [1.29, 1.82) is 0 Å². The summed E-state index contributed by atoms with van der Waals surface area (Å²) in [6, 6.07) is 2.98. The van der Waals surface area contributed by atoms with Crippen LogP contribution < -0.4 is 5.73 Å².